The molecule has 0 spiro atoms. The normalized spacial score (nSPS) is 28.3. The minimum absolute atomic E-state index is 0.0371. The topological polar surface area (TPSA) is 180 Å². The van der Waals surface area contributed by atoms with Crippen molar-refractivity contribution in [1.82, 2.24) is 0 Å². The third-order valence-corrected chi connectivity index (χ3v) is 7.66. The molecule has 0 radical (unpaired) electrons. The number of aliphatic hydroxyl groups is 3. The number of phenolic OH excluding ortho intramolecular Hbond substituents is 2. The van der Waals surface area contributed by atoms with Crippen molar-refractivity contribution in [3.8, 4) is 17.2 Å². The molecular formula is C27H28O11. The number of phenols is 2. The van der Waals surface area contributed by atoms with Crippen LogP contribution in [0.3, 0.4) is 0 Å². The van der Waals surface area contributed by atoms with Crippen molar-refractivity contribution in [3.63, 3.8) is 0 Å². The van der Waals surface area contributed by atoms with Gasteiger partial charge in [0.1, 0.15) is 29.5 Å². The maximum absolute atomic E-state index is 13.6. The van der Waals surface area contributed by atoms with Gasteiger partial charge in [-0.3, -0.25) is 14.4 Å². The molecule has 2 aliphatic carbocycles. The standard InChI is InChI=1S/C27H28O11/c1-11-14(29)6-7-18(37-11)38-16-9-27(35,17(30)10-28)8-13-20(16)26(34)22-21(24(13)32)23(31)12-4-3-5-15(36-2)19(12)25(22)33/h3-5,11,14,16,18,28-29,32,34-35H,6-10H2,1-2H3/t11-,14-,16?,18+,27-/m1/s1. The third kappa shape index (κ3) is 3.89. The number of aromatic hydroxyl groups is 2. The Bertz CT molecular complexity index is 1350. The fraction of sp³-hybridized carbons (Fsp3) is 0.444. The number of aliphatic hydroxyl groups excluding tert-OH is 2. The van der Waals surface area contributed by atoms with E-state index in [1.165, 1.54) is 25.3 Å². The van der Waals surface area contributed by atoms with Gasteiger partial charge in [0.05, 0.1) is 42.1 Å². The fourth-order valence-electron chi connectivity index (χ4n) is 5.62. The minimum Gasteiger partial charge on any atom is -0.507 e. The number of carbonyl (C=O) groups is 3. The highest BCUT2D eigenvalue weighted by Crippen LogP contribution is 2.52. The molecular weight excluding hydrogens is 500 g/mol. The molecule has 1 unspecified atom stereocenters. The summed E-state index contributed by atoms with van der Waals surface area (Å²) in [4.78, 5) is 39.7. The van der Waals surface area contributed by atoms with Gasteiger partial charge in [-0.2, -0.15) is 0 Å². The summed E-state index contributed by atoms with van der Waals surface area (Å²) in [6.07, 6.45) is -3.85. The van der Waals surface area contributed by atoms with Gasteiger partial charge >= 0.3 is 0 Å². The smallest absolute Gasteiger partial charge is 0.202 e. The van der Waals surface area contributed by atoms with E-state index in [1.54, 1.807) is 6.92 Å². The molecule has 1 saturated heterocycles. The Kier molecular flexibility index (Phi) is 6.52. The molecule has 0 amide bonds. The number of methoxy groups -OCH3 is 1. The molecule has 1 fully saturated rings. The average Bonchev–Trinajstić information content (AvgIpc) is 2.90. The Morgan fingerprint density at radius 2 is 1.82 bits per heavy atom. The van der Waals surface area contributed by atoms with Gasteiger partial charge in [-0.25, -0.2) is 0 Å². The molecule has 2 aromatic rings. The minimum atomic E-state index is -2.20. The first-order valence-corrected chi connectivity index (χ1v) is 12.2. The Hall–Kier alpha value is -3.35. The summed E-state index contributed by atoms with van der Waals surface area (Å²) < 4.78 is 17.0. The first-order chi connectivity index (χ1) is 18.0. The molecule has 0 saturated carbocycles. The lowest BCUT2D eigenvalue weighted by atomic mass is 9.72. The van der Waals surface area contributed by atoms with Gasteiger partial charge < -0.3 is 39.7 Å². The summed E-state index contributed by atoms with van der Waals surface area (Å²) in [5.41, 5.74) is -3.43. The maximum atomic E-state index is 13.6. The second-order valence-corrected chi connectivity index (χ2v) is 9.91. The predicted octanol–water partition coefficient (Wildman–Crippen LogP) is 1.06. The highest BCUT2D eigenvalue weighted by molar-refractivity contribution is 6.31. The van der Waals surface area contributed by atoms with Crippen molar-refractivity contribution in [1.29, 1.82) is 0 Å². The van der Waals surface area contributed by atoms with Crippen LogP contribution in [0.15, 0.2) is 18.2 Å². The van der Waals surface area contributed by atoms with Crippen LogP contribution in [0.5, 0.6) is 17.2 Å². The molecule has 3 aliphatic rings. The SMILES string of the molecule is COc1cccc2c1C(=O)c1c(O)c3c(c(O)c1C2=O)C[C@](O)(C(=O)CO)CC3O[C@H]1CC[C@@H](O)[C@@H](C)O1. The Balaban J connectivity index is 1.69. The second-order valence-electron chi connectivity index (χ2n) is 9.91. The van der Waals surface area contributed by atoms with Crippen LogP contribution in [0, 0.1) is 0 Å². The van der Waals surface area contributed by atoms with Gasteiger partial charge in [0.2, 0.25) is 5.78 Å². The van der Waals surface area contributed by atoms with Crippen LogP contribution < -0.4 is 4.74 Å². The molecule has 11 heteroatoms. The van der Waals surface area contributed by atoms with Crippen molar-refractivity contribution >= 4 is 17.3 Å². The van der Waals surface area contributed by atoms with Crippen molar-refractivity contribution < 1.29 is 54.1 Å². The van der Waals surface area contributed by atoms with Crippen LogP contribution in [0.25, 0.3) is 0 Å². The zero-order valence-electron chi connectivity index (χ0n) is 20.8. The first-order valence-electron chi connectivity index (χ1n) is 12.2. The Morgan fingerprint density at radius 1 is 1.11 bits per heavy atom. The van der Waals surface area contributed by atoms with E-state index in [4.69, 9.17) is 14.2 Å². The fourth-order valence-corrected chi connectivity index (χ4v) is 5.62. The number of rotatable bonds is 5. The van der Waals surface area contributed by atoms with E-state index in [2.05, 4.69) is 0 Å². The maximum Gasteiger partial charge on any atom is 0.202 e. The molecule has 2 aromatic carbocycles. The number of fused-ring (bicyclic) bond motifs is 3. The molecule has 38 heavy (non-hydrogen) atoms. The molecule has 5 rings (SSSR count). The molecule has 1 aliphatic heterocycles. The number of hydrogen-bond acceptors (Lipinski definition) is 11. The van der Waals surface area contributed by atoms with Crippen LogP contribution in [-0.4, -0.2) is 80.7 Å². The summed E-state index contributed by atoms with van der Waals surface area (Å²) in [7, 11) is 1.33. The number of hydrogen-bond donors (Lipinski definition) is 5. The lowest BCUT2D eigenvalue weighted by molar-refractivity contribution is -0.243. The highest BCUT2D eigenvalue weighted by Gasteiger charge is 2.49. The Labute approximate surface area is 217 Å². The quantitative estimate of drug-likeness (QED) is 0.299. The van der Waals surface area contributed by atoms with E-state index in [1.807, 2.05) is 0 Å². The second kappa shape index (κ2) is 9.44. The molecule has 202 valence electrons. The summed E-state index contributed by atoms with van der Waals surface area (Å²) in [5, 5.41) is 53.5. The molecule has 1 heterocycles. The van der Waals surface area contributed by atoms with Gasteiger partial charge in [-0.1, -0.05) is 12.1 Å². The Morgan fingerprint density at radius 3 is 2.47 bits per heavy atom. The van der Waals surface area contributed by atoms with E-state index in [0.717, 1.165) is 0 Å². The van der Waals surface area contributed by atoms with Crippen LogP contribution in [-0.2, 0) is 20.7 Å². The predicted molar refractivity (Wildman–Crippen MR) is 128 cm³/mol. The lowest BCUT2D eigenvalue weighted by Crippen LogP contribution is -2.48. The third-order valence-electron chi connectivity index (χ3n) is 7.66. The van der Waals surface area contributed by atoms with Gasteiger partial charge in [0, 0.05) is 36.0 Å². The van der Waals surface area contributed by atoms with Gasteiger partial charge in [0.15, 0.2) is 17.9 Å². The van der Waals surface area contributed by atoms with Crippen LogP contribution in [0.4, 0.5) is 0 Å². The van der Waals surface area contributed by atoms with Crippen LogP contribution >= 0.6 is 0 Å². The molecule has 5 atom stereocenters. The van der Waals surface area contributed by atoms with Crippen molar-refractivity contribution in [2.75, 3.05) is 13.7 Å². The van der Waals surface area contributed by atoms with E-state index in [0.29, 0.717) is 6.42 Å². The molecule has 5 N–H and O–H groups in total. The van der Waals surface area contributed by atoms with Crippen LogP contribution in [0.1, 0.15) is 75.3 Å². The van der Waals surface area contributed by atoms with Gasteiger partial charge in [-0.05, 0) is 19.4 Å². The summed E-state index contributed by atoms with van der Waals surface area (Å²) >= 11 is 0. The summed E-state index contributed by atoms with van der Waals surface area (Å²) in [6, 6.07) is 4.39. The lowest BCUT2D eigenvalue weighted by Gasteiger charge is -2.41. The number of carbonyl (C=O) groups excluding carboxylic acids is 3. The zero-order valence-corrected chi connectivity index (χ0v) is 20.8. The van der Waals surface area contributed by atoms with Crippen molar-refractivity contribution in [3.05, 3.63) is 51.6 Å². The summed E-state index contributed by atoms with van der Waals surface area (Å²) in [6.45, 7) is 0.652. The molecule has 0 bridgehead atoms. The number of ether oxygens (including phenoxy) is 3. The van der Waals surface area contributed by atoms with Crippen molar-refractivity contribution in [2.24, 2.45) is 0 Å². The largest absolute Gasteiger partial charge is 0.507 e. The van der Waals surface area contributed by atoms with Crippen molar-refractivity contribution in [2.45, 2.75) is 62.8 Å². The first kappa shape index (κ1) is 26.3. The average molecular weight is 529 g/mol. The van der Waals surface area contributed by atoms with Gasteiger partial charge in [0.25, 0.3) is 0 Å². The molecule has 11 nitrogen and oxygen atoms in total. The summed E-state index contributed by atoms with van der Waals surface area (Å²) in [5.74, 6) is -3.64. The zero-order chi connectivity index (χ0) is 27.5. The van der Waals surface area contributed by atoms with E-state index in [9.17, 15) is 39.9 Å². The van der Waals surface area contributed by atoms with E-state index in [-0.39, 0.29) is 34.4 Å². The number of Topliss-reactive ketones (excluding diaryl/α,β-unsaturated/α-hetero) is 1. The van der Waals surface area contributed by atoms with E-state index >= 15 is 0 Å². The number of ketones is 3. The van der Waals surface area contributed by atoms with E-state index < -0.39 is 89.6 Å². The van der Waals surface area contributed by atoms with Gasteiger partial charge in [-0.15, -0.1) is 0 Å². The highest BCUT2D eigenvalue weighted by atomic mass is 16.7. The number of benzene rings is 2. The van der Waals surface area contributed by atoms with Crippen LogP contribution in [0.2, 0.25) is 0 Å². The molecule has 0 aromatic heterocycles. The monoisotopic (exact) mass is 528 g/mol.